The van der Waals surface area contributed by atoms with Gasteiger partial charge in [0.05, 0.1) is 6.54 Å². The number of benzene rings is 1. The van der Waals surface area contributed by atoms with Gasteiger partial charge in [-0.25, -0.2) is 4.79 Å². The monoisotopic (exact) mass is 342 g/mol. The van der Waals surface area contributed by atoms with E-state index in [-0.39, 0.29) is 6.03 Å². The summed E-state index contributed by atoms with van der Waals surface area (Å²) in [5.41, 5.74) is 0.657. The summed E-state index contributed by atoms with van der Waals surface area (Å²) < 4.78 is 5.99. The molecule has 2 rings (SSSR count). The van der Waals surface area contributed by atoms with Crippen LogP contribution in [0.3, 0.4) is 0 Å². The van der Waals surface area contributed by atoms with Crippen LogP contribution < -0.4 is 5.32 Å². The minimum atomic E-state index is -0.227. The third kappa shape index (κ3) is 4.01. The maximum Gasteiger partial charge on any atom is 0.321 e. The number of nitrogens with one attached hydrogen (secondary N) is 1. The number of halogens is 2. The van der Waals surface area contributed by atoms with Gasteiger partial charge in [0.25, 0.3) is 0 Å². The summed E-state index contributed by atoms with van der Waals surface area (Å²) in [7, 11) is 1.69. The first-order valence-corrected chi connectivity index (χ1v) is 6.73. The maximum atomic E-state index is 12.0. The van der Waals surface area contributed by atoms with Gasteiger partial charge in [-0.15, -0.1) is 0 Å². The molecule has 2 aromatic rings. The molecule has 0 aliphatic rings. The highest BCUT2D eigenvalue weighted by Gasteiger charge is 2.11. The van der Waals surface area contributed by atoms with Crippen molar-refractivity contribution in [1.82, 2.24) is 4.90 Å². The molecule has 0 bridgehead atoms. The Labute approximate surface area is 124 Å². The predicted molar refractivity (Wildman–Crippen MR) is 78.3 cm³/mol. The lowest BCUT2D eigenvalue weighted by Crippen LogP contribution is -2.30. The molecule has 0 saturated carbocycles. The highest BCUT2D eigenvalue weighted by molar-refractivity contribution is 9.10. The Morgan fingerprint density at radius 2 is 2.21 bits per heavy atom. The van der Waals surface area contributed by atoms with E-state index in [1.165, 1.54) is 4.90 Å². The molecule has 6 heteroatoms. The molecule has 4 nitrogen and oxygen atoms in total. The van der Waals surface area contributed by atoms with Crippen LogP contribution in [0.25, 0.3) is 0 Å². The van der Waals surface area contributed by atoms with Gasteiger partial charge in [0.1, 0.15) is 5.76 Å². The molecule has 0 spiro atoms. The Hall–Kier alpha value is -1.46. The van der Waals surface area contributed by atoms with Gasteiger partial charge in [0, 0.05) is 17.8 Å². The van der Waals surface area contributed by atoms with Crippen LogP contribution in [0.2, 0.25) is 5.02 Å². The molecule has 100 valence electrons. The first kappa shape index (κ1) is 14.0. The Morgan fingerprint density at radius 3 is 2.84 bits per heavy atom. The number of urea groups is 1. The zero-order valence-electron chi connectivity index (χ0n) is 10.2. The lowest BCUT2D eigenvalue weighted by Gasteiger charge is -2.16. The van der Waals surface area contributed by atoms with E-state index >= 15 is 0 Å². The van der Waals surface area contributed by atoms with Crippen molar-refractivity contribution in [3.8, 4) is 0 Å². The van der Waals surface area contributed by atoms with Crippen molar-refractivity contribution < 1.29 is 9.21 Å². The summed E-state index contributed by atoms with van der Waals surface area (Å²) >= 11 is 9.08. The molecule has 1 heterocycles. The summed E-state index contributed by atoms with van der Waals surface area (Å²) in [6.45, 7) is 0.387. The van der Waals surface area contributed by atoms with Crippen LogP contribution in [0.4, 0.5) is 10.5 Å². The van der Waals surface area contributed by atoms with Crippen molar-refractivity contribution in [2.45, 2.75) is 6.54 Å². The first-order chi connectivity index (χ1) is 9.04. The second kappa shape index (κ2) is 6.12. The highest BCUT2D eigenvalue weighted by Crippen LogP contribution is 2.17. The molecule has 0 aliphatic heterocycles. The summed E-state index contributed by atoms with van der Waals surface area (Å²) in [5.74, 6) is 0.704. The van der Waals surface area contributed by atoms with E-state index in [2.05, 4.69) is 21.2 Å². The fourth-order valence-corrected chi connectivity index (χ4v) is 2.06. The molecule has 0 unspecified atom stereocenters. The molecule has 1 aromatic carbocycles. The van der Waals surface area contributed by atoms with E-state index in [1.807, 2.05) is 6.07 Å². The zero-order chi connectivity index (χ0) is 13.8. The average Bonchev–Trinajstić information content (AvgIpc) is 2.74. The number of carbonyl (C=O) groups is 1. The largest absolute Gasteiger partial charge is 0.452 e. The smallest absolute Gasteiger partial charge is 0.321 e. The van der Waals surface area contributed by atoms with Gasteiger partial charge in [-0.3, -0.25) is 0 Å². The number of carbonyl (C=O) groups excluding carboxylic acids is 1. The van der Waals surface area contributed by atoms with Crippen LogP contribution in [-0.2, 0) is 6.54 Å². The first-order valence-electron chi connectivity index (χ1n) is 5.56. The molecule has 19 heavy (non-hydrogen) atoms. The maximum absolute atomic E-state index is 12.0. The quantitative estimate of drug-likeness (QED) is 0.900. The minimum Gasteiger partial charge on any atom is -0.452 e. The molecule has 0 aliphatic carbocycles. The van der Waals surface area contributed by atoms with Gasteiger partial charge in [0.2, 0.25) is 0 Å². The molecule has 2 amide bonds. The minimum absolute atomic E-state index is 0.227. The van der Waals surface area contributed by atoms with Crippen molar-refractivity contribution in [3.05, 3.63) is 51.9 Å². The van der Waals surface area contributed by atoms with E-state index in [0.717, 1.165) is 0 Å². The Morgan fingerprint density at radius 1 is 1.42 bits per heavy atom. The second-order valence-corrected chi connectivity index (χ2v) is 5.22. The molecule has 0 atom stereocenters. The number of anilines is 1. The predicted octanol–water partition coefficient (Wildman–Crippen LogP) is 4.36. The van der Waals surface area contributed by atoms with Crippen LogP contribution in [0, 0.1) is 0 Å². The van der Waals surface area contributed by atoms with Crippen LogP contribution in [0.1, 0.15) is 5.76 Å². The number of nitrogens with zero attached hydrogens (tertiary/aromatic N) is 1. The SMILES string of the molecule is CN(Cc1ccc(Br)o1)C(=O)Nc1cccc(Cl)c1. The van der Waals surface area contributed by atoms with E-state index in [1.54, 1.807) is 37.4 Å². The topological polar surface area (TPSA) is 45.5 Å². The molecule has 0 radical (unpaired) electrons. The van der Waals surface area contributed by atoms with Crippen molar-refractivity contribution in [3.63, 3.8) is 0 Å². The van der Waals surface area contributed by atoms with Crippen LogP contribution >= 0.6 is 27.5 Å². The molecular formula is C13H12BrClN2O2. The van der Waals surface area contributed by atoms with E-state index < -0.39 is 0 Å². The molecule has 1 aromatic heterocycles. The molecule has 0 saturated heterocycles. The van der Waals surface area contributed by atoms with Gasteiger partial charge < -0.3 is 14.6 Å². The summed E-state index contributed by atoms with van der Waals surface area (Å²) in [6, 6.07) is 10.4. The Balaban J connectivity index is 1.96. The van der Waals surface area contributed by atoms with E-state index in [0.29, 0.717) is 27.7 Å². The number of hydrogen-bond acceptors (Lipinski definition) is 2. The van der Waals surface area contributed by atoms with Crippen LogP contribution in [0.15, 0.2) is 45.5 Å². The lowest BCUT2D eigenvalue weighted by molar-refractivity contribution is 0.216. The summed E-state index contributed by atoms with van der Waals surface area (Å²) in [4.78, 5) is 13.5. The zero-order valence-corrected chi connectivity index (χ0v) is 12.5. The summed E-state index contributed by atoms with van der Waals surface area (Å²) in [5, 5.41) is 3.34. The van der Waals surface area contributed by atoms with Gasteiger partial charge in [-0.2, -0.15) is 0 Å². The van der Waals surface area contributed by atoms with Crippen molar-refractivity contribution in [2.24, 2.45) is 0 Å². The lowest BCUT2D eigenvalue weighted by atomic mass is 10.3. The van der Waals surface area contributed by atoms with Gasteiger partial charge in [0.15, 0.2) is 4.67 Å². The number of furan rings is 1. The third-order valence-electron chi connectivity index (χ3n) is 2.44. The fraction of sp³-hybridized carbons (Fsp3) is 0.154. The van der Waals surface area contributed by atoms with Gasteiger partial charge in [-0.05, 0) is 46.3 Å². The number of hydrogen-bond donors (Lipinski definition) is 1. The number of amides is 2. The third-order valence-corrected chi connectivity index (χ3v) is 3.11. The normalized spacial score (nSPS) is 10.3. The van der Waals surface area contributed by atoms with Crippen molar-refractivity contribution >= 4 is 39.2 Å². The Kier molecular flexibility index (Phi) is 4.50. The average molecular weight is 344 g/mol. The van der Waals surface area contributed by atoms with Crippen LogP contribution in [0.5, 0.6) is 0 Å². The van der Waals surface area contributed by atoms with Gasteiger partial charge >= 0.3 is 6.03 Å². The highest BCUT2D eigenvalue weighted by atomic mass is 79.9. The Bertz CT molecular complexity index is 586. The van der Waals surface area contributed by atoms with E-state index in [4.69, 9.17) is 16.0 Å². The standard InChI is InChI=1S/C13H12BrClN2O2/c1-17(8-11-5-6-12(14)19-11)13(18)16-10-4-2-3-9(15)7-10/h2-7H,8H2,1H3,(H,16,18). The fourth-order valence-electron chi connectivity index (χ4n) is 1.53. The summed E-state index contributed by atoms with van der Waals surface area (Å²) in [6.07, 6.45) is 0. The molecule has 1 N–H and O–H groups in total. The van der Waals surface area contributed by atoms with Gasteiger partial charge in [-0.1, -0.05) is 17.7 Å². The number of rotatable bonds is 3. The molecular weight excluding hydrogens is 332 g/mol. The second-order valence-electron chi connectivity index (χ2n) is 4.00. The van der Waals surface area contributed by atoms with Crippen molar-refractivity contribution in [1.29, 1.82) is 0 Å². The van der Waals surface area contributed by atoms with Crippen molar-refractivity contribution in [2.75, 3.05) is 12.4 Å². The van der Waals surface area contributed by atoms with Crippen LogP contribution in [-0.4, -0.2) is 18.0 Å². The van der Waals surface area contributed by atoms with E-state index in [9.17, 15) is 4.79 Å². The molecule has 0 fully saturated rings.